The number of carbonyl (C=O) groups excluding carboxylic acids is 1. The van der Waals surface area contributed by atoms with Gasteiger partial charge < -0.3 is 5.32 Å². The van der Waals surface area contributed by atoms with E-state index in [0.29, 0.717) is 28.8 Å². The number of anilines is 1. The van der Waals surface area contributed by atoms with Gasteiger partial charge in [0.1, 0.15) is 5.56 Å². The number of hydrogen-bond acceptors (Lipinski definition) is 5. The molecule has 35 heavy (non-hydrogen) atoms. The van der Waals surface area contributed by atoms with Crippen LogP contribution in [0.15, 0.2) is 83.7 Å². The Balaban J connectivity index is 1.93. The Morgan fingerprint density at radius 2 is 1.60 bits per heavy atom. The third-order valence-electron chi connectivity index (χ3n) is 5.71. The fraction of sp³-hybridized carbons (Fsp3) is 0.148. The summed E-state index contributed by atoms with van der Waals surface area (Å²) in [6.07, 6.45) is 0.481. The van der Waals surface area contributed by atoms with E-state index in [1.165, 1.54) is 10.7 Å². The second kappa shape index (κ2) is 10.1. The summed E-state index contributed by atoms with van der Waals surface area (Å²) in [5.74, 6) is -0.658. The first-order chi connectivity index (χ1) is 16.9. The van der Waals surface area contributed by atoms with Crippen LogP contribution in [0.2, 0.25) is 0 Å². The lowest BCUT2D eigenvalue weighted by molar-refractivity contribution is -0.385. The molecule has 0 bridgehead atoms. The third kappa shape index (κ3) is 4.72. The van der Waals surface area contributed by atoms with Gasteiger partial charge in [-0.2, -0.15) is 5.10 Å². The van der Waals surface area contributed by atoms with Crippen LogP contribution in [0, 0.1) is 10.1 Å². The smallest absolute Gasteiger partial charge is 0.280 e. The molecular formula is C27H24N4O4. The summed E-state index contributed by atoms with van der Waals surface area (Å²) in [6.45, 7) is 3.87. The molecule has 8 heteroatoms. The quantitative estimate of drug-likeness (QED) is 0.292. The Morgan fingerprint density at radius 3 is 2.17 bits per heavy atom. The maximum absolute atomic E-state index is 13.6. The molecule has 4 aromatic rings. The van der Waals surface area contributed by atoms with E-state index in [4.69, 9.17) is 0 Å². The van der Waals surface area contributed by atoms with Gasteiger partial charge in [0, 0.05) is 35.0 Å². The summed E-state index contributed by atoms with van der Waals surface area (Å²) >= 11 is 0. The molecule has 0 saturated heterocycles. The SMILES string of the molecule is CCc1ccc(NC(=O)c2c(-c3ccccc3)c(-c3ccccc3)nn(CC)c2=O)cc1[N+](=O)[O-]. The van der Waals surface area contributed by atoms with Gasteiger partial charge in [-0.15, -0.1) is 0 Å². The van der Waals surface area contributed by atoms with Crippen molar-refractivity contribution in [3.63, 3.8) is 0 Å². The van der Waals surface area contributed by atoms with Crippen molar-refractivity contribution < 1.29 is 9.72 Å². The van der Waals surface area contributed by atoms with Gasteiger partial charge in [-0.05, 0) is 25.0 Å². The van der Waals surface area contributed by atoms with Gasteiger partial charge >= 0.3 is 0 Å². The summed E-state index contributed by atoms with van der Waals surface area (Å²) in [6, 6.07) is 23.0. The van der Waals surface area contributed by atoms with E-state index in [9.17, 15) is 19.7 Å². The van der Waals surface area contributed by atoms with Gasteiger partial charge in [0.05, 0.1) is 10.6 Å². The monoisotopic (exact) mass is 468 g/mol. The van der Waals surface area contributed by atoms with Crippen LogP contribution >= 0.6 is 0 Å². The molecule has 1 amide bonds. The molecule has 176 valence electrons. The highest BCUT2D eigenvalue weighted by atomic mass is 16.6. The summed E-state index contributed by atoms with van der Waals surface area (Å²) in [4.78, 5) is 38.0. The predicted octanol–water partition coefficient (Wildman–Crippen LogP) is 5.32. The number of nitrogens with zero attached hydrogens (tertiary/aromatic N) is 3. The van der Waals surface area contributed by atoms with Gasteiger partial charge in [-0.25, -0.2) is 4.68 Å². The van der Waals surface area contributed by atoms with Crippen LogP contribution in [0.5, 0.6) is 0 Å². The van der Waals surface area contributed by atoms with Crippen LogP contribution in [0.4, 0.5) is 11.4 Å². The van der Waals surface area contributed by atoms with E-state index in [0.717, 1.165) is 5.56 Å². The summed E-state index contributed by atoms with van der Waals surface area (Å²) < 4.78 is 1.26. The van der Waals surface area contributed by atoms with Crippen molar-refractivity contribution in [1.29, 1.82) is 0 Å². The minimum absolute atomic E-state index is 0.0749. The maximum atomic E-state index is 13.6. The first-order valence-electron chi connectivity index (χ1n) is 11.3. The number of aryl methyl sites for hydroxylation is 2. The zero-order valence-corrected chi connectivity index (χ0v) is 19.4. The Morgan fingerprint density at radius 1 is 0.971 bits per heavy atom. The lowest BCUT2D eigenvalue weighted by Crippen LogP contribution is -2.32. The van der Waals surface area contributed by atoms with E-state index in [1.54, 1.807) is 19.1 Å². The zero-order chi connectivity index (χ0) is 24.9. The second-order valence-electron chi connectivity index (χ2n) is 7.86. The number of amides is 1. The molecule has 0 unspecified atom stereocenters. The molecule has 0 radical (unpaired) electrons. The van der Waals surface area contributed by atoms with Gasteiger partial charge in [0.2, 0.25) is 0 Å². The number of carbonyl (C=O) groups is 1. The number of hydrogen-bond donors (Lipinski definition) is 1. The van der Waals surface area contributed by atoms with Gasteiger partial charge in [0.15, 0.2) is 0 Å². The molecule has 4 rings (SSSR count). The van der Waals surface area contributed by atoms with Crippen molar-refractivity contribution in [3.05, 3.63) is 110 Å². The van der Waals surface area contributed by atoms with Crippen LogP contribution in [-0.4, -0.2) is 20.6 Å². The zero-order valence-electron chi connectivity index (χ0n) is 19.4. The Kier molecular flexibility index (Phi) is 6.82. The lowest BCUT2D eigenvalue weighted by Gasteiger charge is -2.17. The first-order valence-corrected chi connectivity index (χ1v) is 11.3. The fourth-order valence-corrected chi connectivity index (χ4v) is 3.98. The summed E-state index contributed by atoms with van der Waals surface area (Å²) in [7, 11) is 0. The molecule has 0 atom stereocenters. The standard InChI is InChI=1S/C27H24N4O4/c1-3-18-15-16-21(17-22(18)31(34)35)28-26(32)24-23(19-11-7-5-8-12-19)25(20-13-9-6-10-14-20)29-30(4-2)27(24)33/h5-17H,3-4H2,1-2H3,(H,28,32). The molecule has 0 aliphatic heterocycles. The minimum atomic E-state index is -0.658. The molecule has 0 aliphatic carbocycles. The summed E-state index contributed by atoms with van der Waals surface area (Å²) in [5, 5.41) is 18.8. The largest absolute Gasteiger partial charge is 0.322 e. The van der Waals surface area contributed by atoms with Gasteiger partial charge in [-0.3, -0.25) is 19.7 Å². The van der Waals surface area contributed by atoms with Crippen molar-refractivity contribution in [3.8, 4) is 22.4 Å². The van der Waals surface area contributed by atoms with E-state index in [1.807, 2.05) is 67.6 Å². The van der Waals surface area contributed by atoms with Crippen molar-refractivity contribution >= 4 is 17.3 Å². The molecule has 8 nitrogen and oxygen atoms in total. The van der Waals surface area contributed by atoms with Crippen LogP contribution in [0.25, 0.3) is 22.4 Å². The van der Waals surface area contributed by atoms with E-state index < -0.39 is 16.4 Å². The molecular weight excluding hydrogens is 444 g/mol. The molecule has 1 N–H and O–H groups in total. The lowest BCUT2D eigenvalue weighted by atomic mass is 9.95. The number of benzene rings is 3. The van der Waals surface area contributed by atoms with Crippen molar-refractivity contribution in [2.24, 2.45) is 0 Å². The highest BCUT2D eigenvalue weighted by molar-refractivity contribution is 6.10. The van der Waals surface area contributed by atoms with Gasteiger partial charge in [0.25, 0.3) is 17.2 Å². The maximum Gasteiger partial charge on any atom is 0.280 e. The fourth-order valence-electron chi connectivity index (χ4n) is 3.98. The van der Waals surface area contributed by atoms with Crippen LogP contribution < -0.4 is 10.9 Å². The Bertz CT molecular complexity index is 1450. The van der Waals surface area contributed by atoms with Crippen LogP contribution in [-0.2, 0) is 13.0 Å². The topological polar surface area (TPSA) is 107 Å². The molecule has 1 heterocycles. The number of aromatic nitrogens is 2. The molecule has 1 aromatic heterocycles. The number of rotatable bonds is 7. The number of nitro benzene ring substituents is 1. The second-order valence-corrected chi connectivity index (χ2v) is 7.86. The number of nitro groups is 1. The molecule has 0 spiro atoms. The van der Waals surface area contributed by atoms with Crippen LogP contribution in [0.3, 0.4) is 0 Å². The van der Waals surface area contributed by atoms with E-state index in [2.05, 4.69) is 10.4 Å². The van der Waals surface area contributed by atoms with Crippen LogP contribution in [0.1, 0.15) is 29.8 Å². The Labute approximate surface area is 202 Å². The minimum Gasteiger partial charge on any atom is -0.322 e. The number of nitrogens with one attached hydrogen (secondary N) is 1. The molecule has 0 fully saturated rings. The average molecular weight is 469 g/mol. The highest BCUT2D eigenvalue weighted by Crippen LogP contribution is 2.32. The van der Waals surface area contributed by atoms with Crippen molar-refractivity contribution in [1.82, 2.24) is 9.78 Å². The molecule has 3 aromatic carbocycles. The predicted molar refractivity (Wildman–Crippen MR) is 135 cm³/mol. The molecule has 0 aliphatic rings. The normalized spacial score (nSPS) is 10.7. The van der Waals surface area contributed by atoms with E-state index >= 15 is 0 Å². The Hall–Kier alpha value is -4.59. The van der Waals surface area contributed by atoms with Gasteiger partial charge in [-0.1, -0.05) is 73.7 Å². The highest BCUT2D eigenvalue weighted by Gasteiger charge is 2.25. The summed E-state index contributed by atoms with van der Waals surface area (Å²) in [5.41, 5.74) is 2.42. The molecule has 0 saturated carbocycles. The first kappa shape index (κ1) is 23.6. The van der Waals surface area contributed by atoms with E-state index in [-0.39, 0.29) is 23.5 Å². The average Bonchev–Trinajstić information content (AvgIpc) is 2.89. The third-order valence-corrected chi connectivity index (χ3v) is 5.71. The van der Waals surface area contributed by atoms with Crippen molar-refractivity contribution in [2.45, 2.75) is 26.8 Å². The van der Waals surface area contributed by atoms with Crippen molar-refractivity contribution in [2.75, 3.05) is 5.32 Å².